The van der Waals surface area contributed by atoms with Crippen molar-refractivity contribution in [3.8, 4) is 0 Å². The SMILES string of the molecule is CCS(=O)(=O)CCCC(=O)CCc1c(C)nn(C)c1C. The van der Waals surface area contributed by atoms with Crippen molar-refractivity contribution in [2.45, 2.75) is 46.5 Å². The van der Waals surface area contributed by atoms with E-state index in [0.29, 0.717) is 25.7 Å². The molecule has 1 aromatic heterocycles. The van der Waals surface area contributed by atoms with E-state index in [1.165, 1.54) is 0 Å². The van der Waals surface area contributed by atoms with Crippen LogP contribution in [0.5, 0.6) is 0 Å². The van der Waals surface area contributed by atoms with Gasteiger partial charge in [-0.05, 0) is 32.3 Å². The summed E-state index contributed by atoms with van der Waals surface area (Å²) in [5.74, 6) is 0.383. The molecule has 0 aromatic carbocycles. The summed E-state index contributed by atoms with van der Waals surface area (Å²) in [4.78, 5) is 11.8. The van der Waals surface area contributed by atoms with Gasteiger partial charge in [0.15, 0.2) is 0 Å². The molecule has 0 aliphatic heterocycles. The summed E-state index contributed by atoms with van der Waals surface area (Å²) in [6.45, 7) is 5.57. The summed E-state index contributed by atoms with van der Waals surface area (Å²) in [6, 6.07) is 0. The van der Waals surface area contributed by atoms with Crippen LogP contribution < -0.4 is 0 Å². The predicted octanol–water partition coefficient (Wildman–Crippen LogP) is 1.75. The second-order valence-corrected chi connectivity index (χ2v) is 7.62. The van der Waals surface area contributed by atoms with Gasteiger partial charge in [0.25, 0.3) is 0 Å². The van der Waals surface area contributed by atoms with Crippen LogP contribution in [0.2, 0.25) is 0 Å². The summed E-state index contributed by atoms with van der Waals surface area (Å²) in [5.41, 5.74) is 3.18. The average Bonchev–Trinajstić information content (AvgIpc) is 2.61. The van der Waals surface area contributed by atoms with Gasteiger partial charge in [0.2, 0.25) is 0 Å². The van der Waals surface area contributed by atoms with Gasteiger partial charge in [-0.3, -0.25) is 9.48 Å². The summed E-state index contributed by atoms with van der Waals surface area (Å²) < 4.78 is 24.5. The first-order valence-electron chi connectivity index (χ1n) is 6.98. The van der Waals surface area contributed by atoms with Crippen LogP contribution in [0.3, 0.4) is 0 Å². The molecule has 0 saturated heterocycles. The van der Waals surface area contributed by atoms with E-state index in [1.807, 2.05) is 25.6 Å². The molecule has 0 saturated carbocycles. The fourth-order valence-corrected chi connectivity index (χ4v) is 3.08. The standard InChI is InChI=1S/C14H24N2O3S/c1-5-20(18,19)10-6-7-13(17)8-9-14-11(2)15-16(4)12(14)3/h5-10H2,1-4H3. The van der Waals surface area contributed by atoms with Gasteiger partial charge >= 0.3 is 0 Å². The summed E-state index contributed by atoms with van der Waals surface area (Å²) in [6.07, 6.45) is 1.92. The summed E-state index contributed by atoms with van der Waals surface area (Å²) in [5, 5.41) is 4.32. The highest BCUT2D eigenvalue weighted by Crippen LogP contribution is 2.15. The molecule has 0 aliphatic rings. The highest BCUT2D eigenvalue weighted by Gasteiger charge is 2.12. The maximum absolute atomic E-state index is 11.8. The Morgan fingerprint density at radius 3 is 2.40 bits per heavy atom. The van der Waals surface area contributed by atoms with Crippen LogP contribution in [-0.2, 0) is 28.1 Å². The number of aryl methyl sites for hydroxylation is 2. The van der Waals surface area contributed by atoms with Gasteiger partial charge in [-0.1, -0.05) is 6.92 Å². The minimum absolute atomic E-state index is 0.111. The zero-order valence-corrected chi connectivity index (χ0v) is 13.6. The molecule has 0 fully saturated rings. The van der Waals surface area contributed by atoms with Crippen molar-refractivity contribution in [3.05, 3.63) is 17.0 Å². The average molecular weight is 300 g/mol. The maximum atomic E-state index is 11.8. The van der Waals surface area contributed by atoms with Crippen LogP contribution >= 0.6 is 0 Å². The number of nitrogens with zero attached hydrogens (tertiary/aromatic N) is 2. The maximum Gasteiger partial charge on any atom is 0.150 e. The van der Waals surface area contributed by atoms with Crippen molar-refractivity contribution in [1.82, 2.24) is 9.78 Å². The third kappa shape index (κ3) is 4.74. The van der Waals surface area contributed by atoms with Gasteiger partial charge in [0.05, 0.1) is 11.4 Å². The van der Waals surface area contributed by atoms with E-state index in [1.54, 1.807) is 6.92 Å². The Hall–Kier alpha value is -1.17. The highest BCUT2D eigenvalue weighted by atomic mass is 32.2. The van der Waals surface area contributed by atoms with E-state index in [2.05, 4.69) is 5.10 Å². The van der Waals surface area contributed by atoms with Crippen LogP contribution in [0, 0.1) is 13.8 Å². The third-order valence-corrected chi connectivity index (χ3v) is 5.45. The van der Waals surface area contributed by atoms with Gasteiger partial charge in [-0.25, -0.2) is 8.42 Å². The van der Waals surface area contributed by atoms with E-state index >= 15 is 0 Å². The minimum Gasteiger partial charge on any atom is -0.300 e. The largest absolute Gasteiger partial charge is 0.300 e. The van der Waals surface area contributed by atoms with Crippen LogP contribution in [-0.4, -0.2) is 35.5 Å². The van der Waals surface area contributed by atoms with Crippen molar-refractivity contribution in [1.29, 1.82) is 0 Å². The van der Waals surface area contributed by atoms with Crippen LogP contribution in [0.15, 0.2) is 0 Å². The summed E-state index contributed by atoms with van der Waals surface area (Å²) >= 11 is 0. The first-order chi connectivity index (χ1) is 9.26. The molecule has 6 heteroatoms. The van der Waals surface area contributed by atoms with Gasteiger partial charge in [0, 0.05) is 31.3 Å². The molecule has 0 spiro atoms. The van der Waals surface area contributed by atoms with Crippen molar-refractivity contribution in [2.75, 3.05) is 11.5 Å². The molecule has 20 heavy (non-hydrogen) atoms. The normalized spacial score (nSPS) is 11.8. The highest BCUT2D eigenvalue weighted by molar-refractivity contribution is 7.91. The molecule has 1 aromatic rings. The number of hydrogen-bond acceptors (Lipinski definition) is 4. The first-order valence-corrected chi connectivity index (χ1v) is 8.80. The molecule has 5 nitrogen and oxygen atoms in total. The topological polar surface area (TPSA) is 69.0 Å². The van der Waals surface area contributed by atoms with Gasteiger partial charge < -0.3 is 0 Å². The number of Topliss-reactive ketones (excluding diaryl/α,β-unsaturated/α-hetero) is 1. The molecule has 0 bridgehead atoms. The molecule has 0 aliphatic carbocycles. The van der Waals surface area contributed by atoms with E-state index < -0.39 is 9.84 Å². The molecule has 0 N–H and O–H groups in total. The number of hydrogen-bond donors (Lipinski definition) is 0. The van der Waals surface area contributed by atoms with E-state index in [0.717, 1.165) is 17.0 Å². The van der Waals surface area contributed by atoms with Gasteiger partial charge in [-0.15, -0.1) is 0 Å². The second-order valence-electron chi connectivity index (χ2n) is 5.15. The fraction of sp³-hybridized carbons (Fsp3) is 0.714. The first kappa shape index (κ1) is 16.9. The Kier molecular flexibility index (Phi) is 5.92. The number of rotatable bonds is 8. The lowest BCUT2D eigenvalue weighted by Gasteiger charge is -2.03. The van der Waals surface area contributed by atoms with Crippen molar-refractivity contribution < 1.29 is 13.2 Å². The van der Waals surface area contributed by atoms with E-state index in [9.17, 15) is 13.2 Å². The lowest BCUT2D eigenvalue weighted by molar-refractivity contribution is -0.119. The Morgan fingerprint density at radius 2 is 1.90 bits per heavy atom. The monoisotopic (exact) mass is 300 g/mol. The lowest BCUT2D eigenvalue weighted by atomic mass is 10.0. The number of carbonyl (C=O) groups is 1. The Balaban J connectivity index is 2.41. The van der Waals surface area contributed by atoms with E-state index in [4.69, 9.17) is 0 Å². The van der Waals surface area contributed by atoms with Crippen molar-refractivity contribution in [3.63, 3.8) is 0 Å². The number of aromatic nitrogens is 2. The second kappa shape index (κ2) is 7.02. The predicted molar refractivity (Wildman–Crippen MR) is 79.6 cm³/mol. The van der Waals surface area contributed by atoms with Gasteiger partial charge in [-0.2, -0.15) is 5.10 Å². The quantitative estimate of drug-likeness (QED) is 0.733. The minimum atomic E-state index is -2.96. The van der Waals surface area contributed by atoms with Crippen molar-refractivity contribution >= 4 is 15.6 Å². The van der Waals surface area contributed by atoms with Crippen LogP contribution in [0.4, 0.5) is 0 Å². The molecule has 0 amide bonds. The molecule has 1 rings (SSSR count). The molecule has 1 heterocycles. The Bertz CT molecular complexity index is 573. The molecule has 0 atom stereocenters. The molecule has 114 valence electrons. The van der Waals surface area contributed by atoms with Crippen molar-refractivity contribution in [2.24, 2.45) is 7.05 Å². The van der Waals surface area contributed by atoms with Crippen LogP contribution in [0.25, 0.3) is 0 Å². The van der Waals surface area contributed by atoms with Crippen LogP contribution in [0.1, 0.15) is 43.1 Å². The Morgan fingerprint density at radius 1 is 1.25 bits per heavy atom. The number of carbonyl (C=O) groups excluding carboxylic acids is 1. The smallest absolute Gasteiger partial charge is 0.150 e. The lowest BCUT2D eigenvalue weighted by Crippen LogP contribution is -2.10. The zero-order valence-electron chi connectivity index (χ0n) is 12.8. The van der Waals surface area contributed by atoms with Gasteiger partial charge in [0.1, 0.15) is 15.6 Å². The number of sulfone groups is 1. The van der Waals surface area contributed by atoms with E-state index in [-0.39, 0.29) is 17.3 Å². The fourth-order valence-electron chi connectivity index (χ4n) is 2.20. The zero-order chi connectivity index (χ0) is 15.3. The Labute approximate surface area is 121 Å². The molecule has 0 radical (unpaired) electrons. The molecular formula is C14H24N2O3S. The molecular weight excluding hydrogens is 276 g/mol. The number of ketones is 1. The molecule has 0 unspecified atom stereocenters. The third-order valence-electron chi connectivity index (χ3n) is 3.66. The summed E-state index contributed by atoms with van der Waals surface area (Å²) in [7, 11) is -1.07.